The van der Waals surface area contributed by atoms with E-state index in [2.05, 4.69) is 5.10 Å². The van der Waals surface area contributed by atoms with Gasteiger partial charge in [-0.3, -0.25) is 4.68 Å². The van der Waals surface area contributed by atoms with Gasteiger partial charge < -0.3 is 14.4 Å². The number of aliphatic hydroxyl groups excluding tert-OH is 1. The summed E-state index contributed by atoms with van der Waals surface area (Å²) < 4.78 is 6.66. The molecule has 5 nitrogen and oxygen atoms in total. The zero-order valence-electron chi connectivity index (χ0n) is 10.7. The minimum atomic E-state index is -0.955. The molecule has 0 saturated carbocycles. The number of likely N-dealkylation sites (N-methyl/N-ethyl adjacent to an activating group) is 1. The molecule has 0 aliphatic carbocycles. The van der Waals surface area contributed by atoms with Crippen LogP contribution in [0.4, 0.5) is 0 Å². The molecule has 0 aliphatic heterocycles. The zero-order chi connectivity index (χ0) is 14.0. The first-order valence-electron chi connectivity index (χ1n) is 5.77. The predicted molar refractivity (Wildman–Crippen MR) is 73.6 cm³/mol. The van der Waals surface area contributed by atoms with Gasteiger partial charge in [0.25, 0.3) is 0 Å². The summed E-state index contributed by atoms with van der Waals surface area (Å²) in [5, 5.41) is 15.1. The standard InChI is InChI=1S/C12H15Cl2N3O2/c1-16(2)4-5-17-10(9(13)7-15-17)11(18)8-3-6-19-12(8)14/h3,6-7,11,18H,4-5H2,1-2H3. The Morgan fingerprint density at radius 3 is 2.79 bits per heavy atom. The predicted octanol–water partition coefficient (Wildman–Crippen LogP) is 2.43. The second-order valence-electron chi connectivity index (χ2n) is 4.46. The average molecular weight is 304 g/mol. The number of aliphatic hydroxyl groups is 1. The third-order valence-corrected chi connectivity index (χ3v) is 3.39. The van der Waals surface area contributed by atoms with Crippen LogP contribution in [0.3, 0.4) is 0 Å². The van der Waals surface area contributed by atoms with Gasteiger partial charge in [-0.05, 0) is 31.8 Å². The third-order valence-electron chi connectivity index (χ3n) is 2.79. The van der Waals surface area contributed by atoms with Crippen LogP contribution in [0.2, 0.25) is 10.2 Å². The van der Waals surface area contributed by atoms with Crippen LogP contribution in [0.5, 0.6) is 0 Å². The van der Waals surface area contributed by atoms with Crippen molar-refractivity contribution in [2.75, 3.05) is 20.6 Å². The fourth-order valence-corrected chi connectivity index (χ4v) is 2.23. The lowest BCUT2D eigenvalue weighted by Crippen LogP contribution is -2.21. The molecule has 2 heterocycles. The number of nitrogens with zero attached hydrogens (tertiary/aromatic N) is 3. The number of hydrogen-bond acceptors (Lipinski definition) is 4. The van der Waals surface area contributed by atoms with Gasteiger partial charge in [-0.1, -0.05) is 11.6 Å². The van der Waals surface area contributed by atoms with E-state index in [1.54, 1.807) is 10.7 Å². The Morgan fingerprint density at radius 2 is 2.21 bits per heavy atom. The van der Waals surface area contributed by atoms with Crippen LogP contribution in [0.25, 0.3) is 0 Å². The van der Waals surface area contributed by atoms with Gasteiger partial charge in [-0.25, -0.2) is 0 Å². The number of halogens is 2. The number of aromatic nitrogens is 2. The molecule has 0 amide bonds. The van der Waals surface area contributed by atoms with Crippen molar-refractivity contribution in [2.45, 2.75) is 12.6 Å². The summed E-state index contributed by atoms with van der Waals surface area (Å²) in [5.41, 5.74) is 1.00. The smallest absolute Gasteiger partial charge is 0.199 e. The van der Waals surface area contributed by atoms with Gasteiger partial charge >= 0.3 is 0 Å². The molecular formula is C12H15Cl2N3O2. The first-order chi connectivity index (χ1) is 9.00. The van der Waals surface area contributed by atoms with E-state index in [1.807, 2.05) is 19.0 Å². The molecule has 0 bridgehead atoms. The monoisotopic (exact) mass is 303 g/mol. The minimum absolute atomic E-state index is 0.156. The SMILES string of the molecule is CN(C)CCn1ncc(Cl)c1C(O)c1ccoc1Cl. The van der Waals surface area contributed by atoms with E-state index in [-0.39, 0.29) is 5.22 Å². The van der Waals surface area contributed by atoms with Crippen LogP contribution in [-0.4, -0.2) is 40.4 Å². The molecule has 104 valence electrons. The Labute approximate surface area is 121 Å². The highest BCUT2D eigenvalue weighted by atomic mass is 35.5. The van der Waals surface area contributed by atoms with Crippen LogP contribution in [0.15, 0.2) is 22.9 Å². The van der Waals surface area contributed by atoms with Crippen molar-refractivity contribution in [2.24, 2.45) is 0 Å². The van der Waals surface area contributed by atoms with Crippen molar-refractivity contribution in [3.63, 3.8) is 0 Å². The lowest BCUT2D eigenvalue weighted by atomic mass is 10.1. The van der Waals surface area contributed by atoms with Crippen LogP contribution in [0.1, 0.15) is 17.4 Å². The van der Waals surface area contributed by atoms with Crippen LogP contribution >= 0.6 is 23.2 Å². The Hall–Kier alpha value is -1.01. The highest BCUT2D eigenvalue weighted by Crippen LogP contribution is 2.32. The lowest BCUT2D eigenvalue weighted by Gasteiger charge is -2.15. The number of furan rings is 1. The van der Waals surface area contributed by atoms with Gasteiger partial charge in [0.15, 0.2) is 5.22 Å². The third kappa shape index (κ3) is 3.12. The summed E-state index contributed by atoms with van der Waals surface area (Å²) in [6.07, 6.45) is 1.99. The van der Waals surface area contributed by atoms with Gasteiger partial charge in [-0.15, -0.1) is 0 Å². The molecule has 0 fully saturated rings. The van der Waals surface area contributed by atoms with Gasteiger partial charge in [0.2, 0.25) is 0 Å². The molecule has 0 aliphatic rings. The summed E-state index contributed by atoms with van der Waals surface area (Å²) in [6.45, 7) is 1.42. The molecule has 1 atom stereocenters. The highest BCUT2D eigenvalue weighted by molar-refractivity contribution is 6.31. The van der Waals surface area contributed by atoms with Crippen LogP contribution in [0, 0.1) is 0 Å². The summed E-state index contributed by atoms with van der Waals surface area (Å²) in [6, 6.07) is 1.62. The van der Waals surface area contributed by atoms with E-state index in [4.69, 9.17) is 27.6 Å². The van der Waals surface area contributed by atoms with E-state index < -0.39 is 6.10 Å². The number of hydrogen-bond donors (Lipinski definition) is 1. The van der Waals surface area contributed by atoms with Crippen molar-refractivity contribution in [3.8, 4) is 0 Å². The molecule has 0 radical (unpaired) electrons. The van der Waals surface area contributed by atoms with E-state index in [0.29, 0.717) is 22.8 Å². The molecule has 0 aromatic carbocycles. The first kappa shape index (κ1) is 14.4. The maximum absolute atomic E-state index is 10.4. The van der Waals surface area contributed by atoms with Crippen molar-refractivity contribution < 1.29 is 9.52 Å². The lowest BCUT2D eigenvalue weighted by molar-refractivity contribution is 0.205. The zero-order valence-corrected chi connectivity index (χ0v) is 12.2. The highest BCUT2D eigenvalue weighted by Gasteiger charge is 2.23. The van der Waals surface area contributed by atoms with Gasteiger partial charge in [-0.2, -0.15) is 5.10 Å². The molecule has 2 aromatic rings. The summed E-state index contributed by atoms with van der Waals surface area (Å²) in [5.74, 6) is 0. The van der Waals surface area contributed by atoms with Crippen LogP contribution < -0.4 is 0 Å². The average Bonchev–Trinajstić information content (AvgIpc) is 2.92. The first-order valence-corrected chi connectivity index (χ1v) is 6.53. The molecule has 2 aromatic heterocycles. The topological polar surface area (TPSA) is 54.4 Å². The second kappa shape index (κ2) is 5.96. The fourth-order valence-electron chi connectivity index (χ4n) is 1.76. The molecular weight excluding hydrogens is 289 g/mol. The minimum Gasteiger partial charge on any atom is -0.453 e. The molecule has 0 spiro atoms. The fraction of sp³-hybridized carbons (Fsp3) is 0.417. The summed E-state index contributed by atoms with van der Waals surface area (Å²) in [4.78, 5) is 2.02. The van der Waals surface area contributed by atoms with Gasteiger partial charge in [0.05, 0.1) is 29.7 Å². The largest absolute Gasteiger partial charge is 0.453 e. The molecule has 19 heavy (non-hydrogen) atoms. The maximum Gasteiger partial charge on any atom is 0.199 e. The normalized spacial score (nSPS) is 13.2. The molecule has 1 unspecified atom stereocenters. The summed E-state index contributed by atoms with van der Waals surface area (Å²) >= 11 is 12.0. The molecule has 1 N–H and O–H groups in total. The van der Waals surface area contributed by atoms with E-state index >= 15 is 0 Å². The second-order valence-corrected chi connectivity index (χ2v) is 5.21. The van der Waals surface area contributed by atoms with Crippen molar-refractivity contribution in [1.82, 2.24) is 14.7 Å². The number of rotatable bonds is 5. The van der Waals surface area contributed by atoms with Gasteiger partial charge in [0.1, 0.15) is 6.10 Å². The maximum atomic E-state index is 10.4. The molecule has 2 rings (SSSR count). The van der Waals surface area contributed by atoms with Crippen molar-refractivity contribution >= 4 is 23.2 Å². The Balaban J connectivity index is 2.28. The quantitative estimate of drug-likeness (QED) is 0.922. The van der Waals surface area contributed by atoms with E-state index in [0.717, 1.165) is 6.54 Å². The molecule has 0 saturated heterocycles. The van der Waals surface area contributed by atoms with Crippen LogP contribution in [-0.2, 0) is 6.54 Å². The van der Waals surface area contributed by atoms with E-state index in [1.165, 1.54) is 12.5 Å². The Kier molecular flexibility index (Phi) is 4.52. The Bertz CT molecular complexity index is 551. The Morgan fingerprint density at radius 1 is 1.47 bits per heavy atom. The van der Waals surface area contributed by atoms with Crippen molar-refractivity contribution in [3.05, 3.63) is 40.0 Å². The molecule has 7 heteroatoms. The summed E-state index contributed by atoms with van der Waals surface area (Å²) in [7, 11) is 3.93. The van der Waals surface area contributed by atoms with Gasteiger partial charge in [0, 0.05) is 12.1 Å². The van der Waals surface area contributed by atoms with Crippen molar-refractivity contribution in [1.29, 1.82) is 0 Å². The van der Waals surface area contributed by atoms with E-state index in [9.17, 15) is 5.11 Å².